The fraction of sp³-hybridized carbons (Fsp3) is 0.333. The number of ether oxygens (including phenoxy) is 1. The van der Waals surface area contributed by atoms with Crippen molar-refractivity contribution in [2.24, 2.45) is 0 Å². The van der Waals surface area contributed by atoms with E-state index in [0.717, 1.165) is 6.08 Å². The van der Waals surface area contributed by atoms with Gasteiger partial charge in [-0.25, -0.2) is 0 Å². The average molecular weight is 196 g/mol. The number of hydrogen-bond donors (Lipinski definition) is 2. The molecule has 14 heavy (non-hydrogen) atoms. The predicted octanol–water partition coefficient (Wildman–Crippen LogP) is -0.335. The summed E-state index contributed by atoms with van der Waals surface area (Å²) in [6.07, 6.45) is 1.11. The largest absolute Gasteiger partial charge is 0.329 e. The Kier molecular flexibility index (Phi) is 2.71. The molecule has 0 saturated carbocycles. The van der Waals surface area contributed by atoms with Crippen molar-refractivity contribution in [1.29, 1.82) is 0 Å². The molecule has 1 saturated heterocycles. The van der Waals surface area contributed by atoms with Crippen LogP contribution in [0.25, 0.3) is 0 Å². The summed E-state index contributed by atoms with van der Waals surface area (Å²) in [5, 5.41) is 4.94. The zero-order chi connectivity index (χ0) is 10.8. The van der Waals surface area contributed by atoms with E-state index in [1.54, 1.807) is 6.92 Å². The first-order valence-corrected chi connectivity index (χ1v) is 4.06. The van der Waals surface area contributed by atoms with Gasteiger partial charge in [-0.3, -0.25) is 9.59 Å². The number of carbonyl (C=O) groups is 2. The van der Waals surface area contributed by atoms with E-state index in [9.17, 15) is 9.59 Å². The minimum Gasteiger partial charge on any atom is -0.329 e. The molecule has 76 valence electrons. The first-order chi connectivity index (χ1) is 6.49. The molecule has 1 aliphatic heterocycles. The molecule has 0 bridgehead atoms. The van der Waals surface area contributed by atoms with Gasteiger partial charge in [0, 0.05) is 5.57 Å². The molecule has 0 aromatic rings. The van der Waals surface area contributed by atoms with Gasteiger partial charge in [-0.15, -0.1) is 0 Å². The maximum atomic E-state index is 11.2. The van der Waals surface area contributed by atoms with Gasteiger partial charge in [-0.2, -0.15) is 0 Å². The summed E-state index contributed by atoms with van der Waals surface area (Å²) in [6, 6.07) is 0. The Hall–Kier alpha value is -1.62. The van der Waals surface area contributed by atoms with E-state index >= 15 is 0 Å². The van der Waals surface area contributed by atoms with Gasteiger partial charge in [-0.1, -0.05) is 13.2 Å². The Morgan fingerprint density at radius 3 is 2.43 bits per heavy atom. The fourth-order valence-electron chi connectivity index (χ4n) is 0.788. The molecule has 2 amide bonds. The topological polar surface area (TPSA) is 70.7 Å². The third-order valence-electron chi connectivity index (χ3n) is 1.65. The van der Waals surface area contributed by atoms with Crippen LogP contribution >= 0.6 is 0 Å². The fourth-order valence-corrected chi connectivity index (χ4v) is 0.788. The Balaban J connectivity index is 2.51. The van der Waals surface area contributed by atoms with Crippen molar-refractivity contribution in [3.63, 3.8) is 0 Å². The van der Waals surface area contributed by atoms with Gasteiger partial charge in [0.05, 0.1) is 0 Å². The minimum atomic E-state index is -1.05. The molecule has 1 rings (SSSR count). The zero-order valence-corrected chi connectivity index (χ0v) is 7.92. The number of carbonyl (C=O) groups excluding carboxylic acids is 2. The standard InChI is InChI=1S/C9H12N2O3/c1-4-7(12)10-9(5-14-9)11-8(13)6(2)3/h4H,1-2,5H2,3H3,(H,10,12)(H,11,13). The lowest BCUT2D eigenvalue weighted by Gasteiger charge is -2.14. The maximum Gasteiger partial charge on any atom is 0.250 e. The summed E-state index contributed by atoms with van der Waals surface area (Å²) < 4.78 is 4.94. The number of amides is 2. The van der Waals surface area contributed by atoms with Crippen molar-refractivity contribution >= 4 is 11.8 Å². The van der Waals surface area contributed by atoms with Gasteiger partial charge in [-0.05, 0) is 13.0 Å². The van der Waals surface area contributed by atoms with Crippen LogP contribution in [0.15, 0.2) is 24.8 Å². The first-order valence-electron chi connectivity index (χ1n) is 4.06. The third-order valence-corrected chi connectivity index (χ3v) is 1.65. The van der Waals surface area contributed by atoms with Crippen molar-refractivity contribution in [2.75, 3.05) is 6.61 Å². The highest BCUT2D eigenvalue weighted by molar-refractivity contribution is 5.93. The number of epoxide rings is 1. The Bertz CT molecular complexity index is 305. The summed E-state index contributed by atoms with van der Waals surface area (Å²) in [5.41, 5.74) is 0.354. The van der Waals surface area contributed by atoms with E-state index in [4.69, 9.17) is 4.74 Å². The molecular weight excluding hydrogens is 184 g/mol. The van der Waals surface area contributed by atoms with Crippen LogP contribution in [-0.4, -0.2) is 24.3 Å². The summed E-state index contributed by atoms with van der Waals surface area (Å²) >= 11 is 0. The Labute approximate surface area is 81.8 Å². The van der Waals surface area contributed by atoms with Crippen LogP contribution < -0.4 is 10.6 Å². The molecule has 0 spiro atoms. The lowest BCUT2D eigenvalue weighted by atomic mass is 10.3. The highest BCUT2D eigenvalue weighted by Gasteiger charge is 2.47. The lowest BCUT2D eigenvalue weighted by Crippen LogP contribution is -2.51. The Morgan fingerprint density at radius 1 is 1.50 bits per heavy atom. The molecule has 5 heteroatoms. The molecule has 0 aliphatic carbocycles. The highest BCUT2D eigenvalue weighted by Crippen LogP contribution is 2.19. The quantitative estimate of drug-likeness (QED) is 0.367. The van der Waals surface area contributed by atoms with Gasteiger partial charge in [0.2, 0.25) is 17.7 Å². The normalized spacial score (nSPS) is 23.5. The van der Waals surface area contributed by atoms with Crippen LogP contribution in [0.2, 0.25) is 0 Å². The SMILES string of the molecule is C=CC(=O)NC1(NC(=O)C(=C)C)CO1. The second-order valence-electron chi connectivity index (χ2n) is 3.04. The van der Waals surface area contributed by atoms with E-state index in [-0.39, 0.29) is 12.5 Å². The molecule has 1 atom stereocenters. The summed E-state index contributed by atoms with van der Waals surface area (Å²) in [6.45, 7) is 8.58. The molecule has 1 aliphatic rings. The first kappa shape index (κ1) is 10.5. The second kappa shape index (κ2) is 3.63. The van der Waals surface area contributed by atoms with Gasteiger partial charge in [0.15, 0.2) is 0 Å². The van der Waals surface area contributed by atoms with Crippen molar-refractivity contribution in [3.05, 3.63) is 24.8 Å². The van der Waals surface area contributed by atoms with E-state index in [0.29, 0.717) is 5.57 Å². The number of hydrogen-bond acceptors (Lipinski definition) is 3. The molecule has 1 unspecified atom stereocenters. The highest BCUT2D eigenvalue weighted by atomic mass is 16.6. The van der Waals surface area contributed by atoms with Crippen LogP contribution in [0.5, 0.6) is 0 Å². The van der Waals surface area contributed by atoms with Crippen LogP contribution in [0.3, 0.4) is 0 Å². The Morgan fingerprint density at radius 2 is 2.07 bits per heavy atom. The summed E-state index contributed by atoms with van der Waals surface area (Å²) in [4.78, 5) is 22.1. The van der Waals surface area contributed by atoms with E-state index < -0.39 is 11.8 Å². The molecule has 1 fully saturated rings. The van der Waals surface area contributed by atoms with E-state index in [1.807, 2.05) is 0 Å². The smallest absolute Gasteiger partial charge is 0.250 e. The molecule has 0 aromatic carbocycles. The molecule has 0 radical (unpaired) electrons. The minimum absolute atomic E-state index is 0.256. The molecular formula is C9H12N2O3. The third kappa shape index (κ3) is 2.43. The lowest BCUT2D eigenvalue weighted by molar-refractivity contribution is -0.122. The number of rotatable bonds is 4. The van der Waals surface area contributed by atoms with Gasteiger partial charge in [0.1, 0.15) is 6.61 Å². The van der Waals surface area contributed by atoms with Gasteiger partial charge in [0.25, 0.3) is 0 Å². The van der Waals surface area contributed by atoms with Crippen LogP contribution in [0, 0.1) is 0 Å². The molecule has 5 nitrogen and oxygen atoms in total. The maximum absolute atomic E-state index is 11.2. The van der Waals surface area contributed by atoms with Crippen molar-refractivity contribution in [2.45, 2.75) is 12.8 Å². The molecule has 1 heterocycles. The van der Waals surface area contributed by atoms with Crippen molar-refractivity contribution < 1.29 is 14.3 Å². The molecule has 0 aromatic heterocycles. The van der Waals surface area contributed by atoms with Crippen molar-refractivity contribution in [1.82, 2.24) is 10.6 Å². The monoisotopic (exact) mass is 196 g/mol. The average Bonchev–Trinajstić information content (AvgIpc) is 2.84. The molecule has 2 N–H and O–H groups in total. The van der Waals surface area contributed by atoms with Crippen LogP contribution in [-0.2, 0) is 14.3 Å². The zero-order valence-electron chi connectivity index (χ0n) is 7.92. The number of nitrogens with one attached hydrogen (secondary N) is 2. The van der Waals surface area contributed by atoms with Gasteiger partial charge < -0.3 is 15.4 Å². The predicted molar refractivity (Wildman–Crippen MR) is 50.0 cm³/mol. The second-order valence-corrected chi connectivity index (χ2v) is 3.04. The van der Waals surface area contributed by atoms with Crippen LogP contribution in [0.4, 0.5) is 0 Å². The van der Waals surface area contributed by atoms with Crippen molar-refractivity contribution in [3.8, 4) is 0 Å². The van der Waals surface area contributed by atoms with Gasteiger partial charge >= 0.3 is 0 Å². The summed E-state index contributed by atoms with van der Waals surface area (Å²) in [7, 11) is 0. The summed E-state index contributed by atoms with van der Waals surface area (Å²) in [5.74, 6) is -1.81. The van der Waals surface area contributed by atoms with E-state index in [1.165, 1.54) is 0 Å². The van der Waals surface area contributed by atoms with E-state index in [2.05, 4.69) is 23.8 Å². The van der Waals surface area contributed by atoms with Crippen LogP contribution in [0.1, 0.15) is 6.92 Å².